The minimum absolute atomic E-state index is 0.0500. The van der Waals surface area contributed by atoms with Gasteiger partial charge in [-0.05, 0) is 36.4 Å². The Morgan fingerprint density at radius 2 is 1.68 bits per heavy atom. The molecule has 2 N–H and O–H groups in total. The Morgan fingerprint density at radius 3 is 2.28 bits per heavy atom. The number of aliphatic hydroxyl groups is 1. The maximum atomic E-state index is 12.4. The van der Waals surface area contributed by atoms with Crippen LogP contribution in [0.1, 0.15) is 16.8 Å². The maximum Gasteiger partial charge on any atom is 0.323 e. The van der Waals surface area contributed by atoms with Crippen LogP contribution in [0.25, 0.3) is 0 Å². The number of carbonyl (C=O) groups is 2. The Labute approximate surface area is 146 Å². The van der Waals surface area contributed by atoms with Crippen molar-refractivity contribution in [3.05, 3.63) is 60.2 Å². The number of ether oxygens (including phenoxy) is 2. The molecule has 0 saturated heterocycles. The molecule has 0 aliphatic heterocycles. The molecule has 0 aromatic heterocycles. The minimum atomic E-state index is -0.787. The predicted molar refractivity (Wildman–Crippen MR) is 92.8 cm³/mol. The molecule has 0 fully saturated rings. The number of methoxy groups -OCH3 is 1. The first kappa shape index (κ1) is 18.6. The van der Waals surface area contributed by atoms with Crippen LogP contribution >= 0.6 is 0 Å². The summed E-state index contributed by atoms with van der Waals surface area (Å²) < 4.78 is 10.4. The molecule has 2 aromatic rings. The number of rotatable bonds is 9. The number of esters is 1. The van der Waals surface area contributed by atoms with Crippen molar-refractivity contribution in [2.45, 2.75) is 12.5 Å². The van der Waals surface area contributed by atoms with Gasteiger partial charge in [0, 0.05) is 18.5 Å². The van der Waals surface area contributed by atoms with Gasteiger partial charge in [-0.15, -0.1) is 0 Å². The number of ketones is 1. The number of Topliss-reactive ketones (excluding diaryl/α,β-unsaturated/α-hetero) is 1. The molecule has 6 heteroatoms. The van der Waals surface area contributed by atoms with Crippen LogP contribution in [-0.2, 0) is 9.53 Å². The van der Waals surface area contributed by atoms with Gasteiger partial charge in [-0.2, -0.15) is 0 Å². The standard InChI is InChI=1S/C19H21NO5/c1-24-19(23)17(20-11-12-21)13-18(22)14-7-9-16(10-8-14)25-15-5-3-2-4-6-15/h2-10,17,20-21H,11-13H2,1H3. The Morgan fingerprint density at radius 1 is 1.04 bits per heavy atom. The molecule has 6 nitrogen and oxygen atoms in total. The fourth-order valence-corrected chi connectivity index (χ4v) is 2.26. The van der Waals surface area contributed by atoms with Crippen LogP contribution in [0.5, 0.6) is 11.5 Å². The molecule has 0 heterocycles. The highest BCUT2D eigenvalue weighted by Gasteiger charge is 2.22. The molecule has 0 aliphatic carbocycles. The van der Waals surface area contributed by atoms with E-state index in [0.29, 0.717) is 17.1 Å². The van der Waals surface area contributed by atoms with E-state index in [1.54, 1.807) is 24.3 Å². The molecule has 132 valence electrons. The highest BCUT2D eigenvalue weighted by atomic mass is 16.5. The van der Waals surface area contributed by atoms with Crippen LogP contribution in [0.3, 0.4) is 0 Å². The lowest BCUT2D eigenvalue weighted by Crippen LogP contribution is -2.40. The van der Waals surface area contributed by atoms with Gasteiger partial charge >= 0.3 is 5.97 Å². The highest BCUT2D eigenvalue weighted by molar-refractivity contribution is 5.99. The fourth-order valence-electron chi connectivity index (χ4n) is 2.26. The Kier molecular flexibility index (Phi) is 7.13. The summed E-state index contributed by atoms with van der Waals surface area (Å²) in [6, 6.07) is 15.3. The third-order valence-corrected chi connectivity index (χ3v) is 3.53. The summed E-state index contributed by atoms with van der Waals surface area (Å²) in [6.07, 6.45) is -0.0500. The number of benzene rings is 2. The topological polar surface area (TPSA) is 84.9 Å². The summed E-state index contributed by atoms with van der Waals surface area (Å²) in [5.41, 5.74) is 0.472. The van der Waals surface area contributed by atoms with E-state index in [-0.39, 0.29) is 25.4 Å². The van der Waals surface area contributed by atoms with Gasteiger partial charge in [0.15, 0.2) is 5.78 Å². The zero-order valence-electron chi connectivity index (χ0n) is 14.0. The Bertz CT molecular complexity index is 685. The number of hydrogen-bond acceptors (Lipinski definition) is 6. The van der Waals surface area contributed by atoms with Crippen LogP contribution < -0.4 is 10.1 Å². The molecule has 0 aliphatic rings. The molecular weight excluding hydrogens is 322 g/mol. The predicted octanol–water partition coefficient (Wildman–Crippen LogP) is 2.18. The van der Waals surface area contributed by atoms with Crippen molar-refractivity contribution in [3.8, 4) is 11.5 Å². The van der Waals surface area contributed by atoms with Crippen molar-refractivity contribution in [1.82, 2.24) is 5.32 Å². The number of aliphatic hydroxyl groups excluding tert-OH is 1. The third kappa shape index (κ3) is 5.70. The lowest BCUT2D eigenvalue weighted by molar-refractivity contribution is -0.143. The lowest BCUT2D eigenvalue weighted by Gasteiger charge is -2.15. The first-order valence-electron chi connectivity index (χ1n) is 7.92. The van der Waals surface area contributed by atoms with E-state index in [1.807, 2.05) is 30.3 Å². The molecule has 0 saturated carbocycles. The third-order valence-electron chi connectivity index (χ3n) is 3.53. The molecule has 1 atom stereocenters. The molecule has 1 unspecified atom stereocenters. The van der Waals surface area contributed by atoms with Crippen molar-refractivity contribution in [2.75, 3.05) is 20.3 Å². The van der Waals surface area contributed by atoms with Gasteiger partial charge in [-0.1, -0.05) is 18.2 Å². The van der Waals surface area contributed by atoms with Gasteiger partial charge in [-0.25, -0.2) is 0 Å². The summed E-state index contributed by atoms with van der Waals surface area (Å²) in [6.45, 7) is 0.0735. The second kappa shape index (κ2) is 9.56. The zero-order valence-corrected chi connectivity index (χ0v) is 14.0. The summed E-state index contributed by atoms with van der Waals surface area (Å²) in [4.78, 5) is 24.1. The molecule has 25 heavy (non-hydrogen) atoms. The Balaban J connectivity index is 2.00. The van der Waals surface area contributed by atoms with E-state index >= 15 is 0 Å². The largest absolute Gasteiger partial charge is 0.468 e. The zero-order chi connectivity index (χ0) is 18.1. The molecular formula is C19H21NO5. The van der Waals surface area contributed by atoms with Crippen LogP contribution in [0, 0.1) is 0 Å². The second-order valence-corrected chi connectivity index (χ2v) is 5.32. The van der Waals surface area contributed by atoms with Crippen LogP contribution in [0.2, 0.25) is 0 Å². The van der Waals surface area contributed by atoms with Gasteiger partial charge in [0.05, 0.1) is 13.7 Å². The number of hydrogen-bond donors (Lipinski definition) is 2. The van der Waals surface area contributed by atoms with E-state index in [9.17, 15) is 9.59 Å². The highest BCUT2D eigenvalue weighted by Crippen LogP contribution is 2.21. The minimum Gasteiger partial charge on any atom is -0.468 e. The van der Waals surface area contributed by atoms with E-state index in [4.69, 9.17) is 9.84 Å². The summed E-state index contributed by atoms with van der Waals surface area (Å²) >= 11 is 0. The van der Waals surface area contributed by atoms with E-state index in [0.717, 1.165) is 0 Å². The van der Waals surface area contributed by atoms with Crippen LogP contribution in [-0.4, -0.2) is 43.2 Å². The average Bonchev–Trinajstić information content (AvgIpc) is 2.65. The Hall–Kier alpha value is -2.70. The summed E-state index contributed by atoms with van der Waals surface area (Å²) in [5.74, 6) is 0.587. The first-order chi connectivity index (χ1) is 12.1. The fraction of sp³-hybridized carbons (Fsp3) is 0.263. The van der Waals surface area contributed by atoms with E-state index in [1.165, 1.54) is 7.11 Å². The monoisotopic (exact) mass is 343 g/mol. The average molecular weight is 343 g/mol. The molecule has 0 amide bonds. The van der Waals surface area contributed by atoms with Crippen LogP contribution in [0.15, 0.2) is 54.6 Å². The lowest BCUT2D eigenvalue weighted by atomic mass is 10.0. The molecule has 0 bridgehead atoms. The van der Waals surface area contributed by atoms with Gasteiger partial charge in [0.2, 0.25) is 0 Å². The maximum absolute atomic E-state index is 12.4. The molecule has 0 spiro atoms. The van der Waals surface area contributed by atoms with Gasteiger partial charge in [-0.3, -0.25) is 9.59 Å². The van der Waals surface area contributed by atoms with Crippen molar-refractivity contribution < 1.29 is 24.2 Å². The quantitative estimate of drug-likeness (QED) is 0.536. The normalized spacial score (nSPS) is 11.6. The molecule has 2 aromatic carbocycles. The van der Waals surface area contributed by atoms with Crippen LogP contribution in [0.4, 0.5) is 0 Å². The van der Waals surface area contributed by atoms with E-state index in [2.05, 4.69) is 10.1 Å². The van der Waals surface area contributed by atoms with Gasteiger partial charge in [0.25, 0.3) is 0 Å². The second-order valence-electron chi connectivity index (χ2n) is 5.32. The van der Waals surface area contributed by atoms with Crippen molar-refractivity contribution in [1.29, 1.82) is 0 Å². The molecule has 2 rings (SSSR count). The number of para-hydroxylation sites is 1. The number of carbonyl (C=O) groups excluding carboxylic acids is 2. The SMILES string of the molecule is COC(=O)C(CC(=O)c1ccc(Oc2ccccc2)cc1)NCCO. The van der Waals surface area contributed by atoms with Crippen molar-refractivity contribution in [3.63, 3.8) is 0 Å². The van der Waals surface area contributed by atoms with Crippen molar-refractivity contribution >= 4 is 11.8 Å². The number of nitrogens with one attached hydrogen (secondary N) is 1. The van der Waals surface area contributed by atoms with Gasteiger partial charge in [0.1, 0.15) is 17.5 Å². The summed E-state index contributed by atoms with van der Waals surface area (Å²) in [5, 5.41) is 11.7. The van der Waals surface area contributed by atoms with Crippen molar-refractivity contribution in [2.24, 2.45) is 0 Å². The smallest absolute Gasteiger partial charge is 0.323 e. The molecule has 0 radical (unpaired) electrons. The first-order valence-corrected chi connectivity index (χ1v) is 7.92. The van der Waals surface area contributed by atoms with E-state index < -0.39 is 12.0 Å². The van der Waals surface area contributed by atoms with Gasteiger partial charge < -0.3 is 19.9 Å². The summed E-state index contributed by atoms with van der Waals surface area (Å²) in [7, 11) is 1.26.